The summed E-state index contributed by atoms with van der Waals surface area (Å²) < 4.78 is 4.69. The third-order valence-electron chi connectivity index (χ3n) is 1.91. The number of aromatic carboxylic acids is 1. The maximum absolute atomic E-state index is 11.4. The second-order valence-corrected chi connectivity index (χ2v) is 3.19. The predicted octanol–water partition coefficient (Wildman–Crippen LogP) is 1.35. The highest BCUT2D eigenvalue weighted by atomic mass is 16.5. The average Bonchev–Trinajstić information content (AvgIpc) is 2.81. The van der Waals surface area contributed by atoms with Gasteiger partial charge in [0.25, 0.3) is 0 Å². The van der Waals surface area contributed by atoms with E-state index in [0.717, 1.165) is 0 Å². The van der Waals surface area contributed by atoms with E-state index in [9.17, 15) is 9.59 Å². The summed E-state index contributed by atoms with van der Waals surface area (Å²) in [5, 5.41) is 17.5. The summed E-state index contributed by atoms with van der Waals surface area (Å²) >= 11 is 0. The molecule has 0 atom stereocenters. The largest absolute Gasteiger partial charge is 0.477 e. The van der Waals surface area contributed by atoms with E-state index in [4.69, 9.17) is 15.1 Å². The highest BCUT2D eigenvalue weighted by Crippen LogP contribution is 2.08. The van der Waals surface area contributed by atoms with Gasteiger partial charge in [0.15, 0.2) is 0 Å². The number of esters is 1. The first kappa shape index (κ1) is 13.3. The van der Waals surface area contributed by atoms with E-state index in [1.165, 1.54) is 24.3 Å². The molecule has 0 aliphatic heterocycles. The van der Waals surface area contributed by atoms with Crippen LogP contribution < -0.4 is 0 Å². The number of H-pyrrole nitrogens is 1. The van der Waals surface area contributed by atoms with Crippen LogP contribution in [0.15, 0.2) is 30.4 Å². The average molecular weight is 246 g/mol. The maximum atomic E-state index is 11.4. The second kappa shape index (κ2) is 6.06. The van der Waals surface area contributed by atoms with Crippen LogP contribution in [0.2, 0.25) is 0 Å². The number of nitriles is 1. The van der Waals surface area contributed by atoms with E-state index in [1.807, 2.05) is 0 Å². The number of nitrogens with zero attached hydrogens (tertiary/aromatic N) is 1. The van der Waals surface area contributed by atoms with Gasteiger partial charge in [-0.3, -0.25) is 0 Å². The number of carboxylic acid groups (broad SMARTS) is 1. The number of ether oxygens (including phenoxy) is 1. The number of carbonyl (C=O) groups excluding carboxylic acids is 1. The molecule has 0 unspecified atom stereocenters. The van der Waals surface area contributed by atoms with Crippen LogP contribution in [0.5, 0.6) is 0 Å². The maximum Gasteiger partial charge on any atom is 0.352 e. The number of carboxylic acids is 1. The van der Waals surface area contributed by atoms with Crippen LogP contribution in [0.4, 0.5) is 0 Å². The van der Waals surface area contributed by atoms with Crippen molar-refractivity contribution in [2.75, 3.05) is 6.61 Å². The Morgan fingerprint density at radius 1 is 1.56 bits per heavy atom. The Kier molecular flexibility index (Phi) is 4.46. The number of hydrogen-bond donors (Lipinski definition) is 2. The molecule has 0 saturated carbocycles. The highest BCUT2D eigenvalue weighted by Gasteiger charge is 2.11. The quantitative estimate of drug-likeness (QED) is 0.353. The first-order chi connectivity index (χ1) is 8.58. The Morgan fingerprint density at radius 3 is 2.78 bits per heavy atom. The summed E-state index contributed by atoms with van der Waals surface area (Å²) in [6.45, 7) is 3.38. The summed E-state index contributed by atoms with van der Waals surface area (Å²) in [6.07, 6.45) is 2.60. The minimum atomic E-state index is -1.12. The number of carbonyl (C=O) groups is 2. The molecule has 0 spiro atoms. The zero-order valence-electron chi connectivity index (χ0n) is 9.34. The van der Waals surface area contributed by atoms with Crippen molar-refractivity contribution in [2.24, 2.45) is 0 Å². The van der Waals surface area contributed by atoms with Gasteiger partial charge < -0.3 is 14.8 Å². The van der Waals surface area contributed by atoms with Crippen LogP contribution in [0.25, 0.3) is 6.08 Å². The first-order valence-corrected chi connectivity index (χ1v) is 4.90. The summed E-state index contributed by atoms with van der Waals surface area (Å²) in [7, 11) is 0. The monoisotopic (exact) mass is 246 g/mol. The van der Waals surface area contributed by atoms with Gasteiger partial charge in [-0.25, -0.2) is 9.59 Å². The molecule has 0 bridgehead atoms. The van der Waals surface area contributed by atoms with Crippen molar-refractivity contribution >= 4 is 18.0 Å². The molecule has 0 aromatic carbocycles. The molecule has 1 heterocycles. The molecule has 1 rings (SSSR count). The third kappa shape index (κ3) is 3.35. The molecule has 18 heavy (non-hydrogen) atoms. The summed E-state index contributed by atoms with van der Waals surface area (Å²) in [5.41, 5.74) is 0.0770. The van der Waals surface area contributed by atoms with Gasteiger partial charge >= 0.3 is 11.9 Å². The summed E-state index contributed by atoms with van der Waals surface area (Å²) in [6, 6.07) is 4.46. The Hall–Kier alpha value is -2.81. The van der Waals surface area contributed by atoms with E-state index in [0.29, 0.717) is 5.69 Å². The predicted molar refractivity (Wildman–Crippen MR) is 62.5 cm³/mol. The van der Waals surface area contributed by atoms with E-state index in [-0.39, 0.29) is 17.9 Å². The molecule has 0 fully saturated rings. The van der Waals surface area contributed by atoms with Crippen molar-refractivity contribution in [2.45, 2.75) is 0 Å². The molecule has 92 valence electrons. The van der Waals surface area contributed by atoms with Gasteiger partial charge in [-0.05, 0) is 18.2 Å². The molecular weight excluding hydrogens is 236 g/mol. The Labute approximate surface area is 103 Å². The van der Waals surface area contributed by atoms with Crippen molar-refractivity contribution in [3.8, 4) is 6.07 Å². The fourth-order valence-electron chi connectivity index (χ4n) is 1.13. The lowest BCUT2D eigenvalue weighted by Crippen LogP contribution is -2.06. The van der Waals surface area contributed by atoms with E-state index in [2.05, 4.69) is 11.6 Å². The SMILES string of the molecule is C=CCOC(=O)C(C#N)=Cc1ccc(C(=O)O)[nH]1. The van der Waals surface area contributed by atoms with Crippen LogP contribution in [0, 0.1) is 11.3 Å². The van der Waals surface area contributed by atoms with Gasteiger partial charge in [-0.15, -0.1) is 0 Å². The van der Waals surface area contributed by atoms with E-state index in [1.54, 1.807) is 6.07 Å². The van der Waals surface area contributed by atoms with Gasteiger partial charge in [-0.1, -0.05) is 12.7 Å². The Balaban J connectivity index is 2.90. The number of aromatic amines is 1. The zero-order chi connectivity index (χ0) is 13.5. The molecule has 0 aliphatic carbocycles. The fraction of sp³-hybridized carbons (Fsp3) is 0.0833. The lowest BCUT2D eigenvalue weighted by molar-refractivity contribution is -0.137. The van der Waals surface area contributed by atoms with Crippen LogP contribution in [0.3, 0.4) is 0 Å². The van der Waals surface area contributed by atoms with Gasteiger partial charge in [0.05, 0.1) is 0 Å². The van der Waals surface area contributed by atoms with Crippen molar-refractivity contribution in [3.05, 3.63) is 41.7 Å². The van der Waals surface area contributed by atoms with Crippen LogP contribution in [-0.4, -0.2) is 28.6 Å². The van der Waals surface area contributed by atoms with Crippen molar-refractivity contribution < 1.29 is 19.4 Å². The zero-order valence-corrected chi connectivity index (χ0v) is 9.34. The normalized spacial score (nSPS) is 10.5. The lowest BCUT2D eigenvalue weighted by atomic mass is 10.2. The van der Waals surface area contributed by atoms with Gasteiger partial charge in [-0.2, -0.15) is 5.26 Å². The molecule has 6 nitrogen and oxygen atoms in total. The highest BCUT2D eigenvalue weighted by molar-refractivity contribution is 5.98. The molecule has 0 aliphatic rings. The Morgan fingerprint density at radius 2 is 2.28 bits per heavy atom. The van der Waals surface area contributed by atoms with E-state index < -0.39 is 11.9 Å². The molecule has 6 heteroatoms. The second-order valence-electron chi connectivity index (χ2n) is 3.19. The van der Waals surface area contributed by atoms with Crippen molar-refractivity contribution in [3.63, 3.8) is 0 Å². The molecule has 1 aromatic rings. The molecule has 0 radical (unpaired) electrons. The van der Waals surface area contributed by atoms with Crippen molar-refractivity contribution in [1.82, 2.24) is 4.98 Å². The number of aromatic nitrogens is 1. The fourth-order valence-corrected chi connectivity index (χ4v) is 1.13. The summed E-state index contributed by atoms with van der Waals surface area (Å²) in [5.74, 6) is -1.91. The Bertz CT molecular complexity index is 549. The molecule has 0 amide bonds. The standard InChI is InChI=1S/C12H10N2O4/c1-2-5-18-12(17)8(7-13)6-9-3-4-10(14-9)11(15)16/h2-4,6,14H,1,5H2,(H,15,16). The summed E-state index contributed by atoms with van der Waals surface area (Å²) in [4.78, 5) is 24.5. The van der Waals surface area contributed by atoms with Gasteiger partial charge in [0, 0.05) is 5.69 Å². The lowest BCUT2D eigenvalue weighted by Gasteiger charge is -1.98. The van der Waals surface area contributed by atoms with Crippen molar-refractivity contribution in [1.29, 1.82) is 5.26 Å². The topological polar surface area (TPSA) is 103 Å². The smallest absolute Gasteiger partial charge is 0.352 e. The van der Waals surface area contributed by atoms with Crippen LogP contribution >= 0.6 is 0 Å². The minimum Gasteiger partial charge on any atom is -0.477 e. The van der Waals surface area contributed by atoms with Crippen LogP contribution in [0.1, 0.15) is 16.2 Å². The molecule has 0 saturated heterocycles. The van der Waals surface area contributed by atoms with Crippen LogP contribution in [-0.2, 0) is 9.53 Å². The number of nitrogens with one attached hydrogen (secondary N) is 1. The minimum absolute atomic E-state index is 0.00293. The number of hydrogen-bond acceptors (Lipinski definition) is 4. The van der Waals surface area contributed by atoms with E-state index >= 15 is 0 Å². The van der Waals surface area contributed by atoms with Gasteiger partial charge in [0.1, 0.15) is 23.9 Å². The van der Waals surface area contributed by atoms with Gasteiger partial charge in [0.2, 0.25) is 0 Å². The molecule has 1 aromatic heterocycles. The first-order valence-electron chi connectivity index (χ1n) is 4.90. The number of rotatable bonds is 5. The molecule has 2 N–H and O–H groups in total. The third-order valence-corrected chi connectivity index (χ3v) is 1.91. The molecular formula is C12H10N2O4.